The first-order valence-electron chi connectivity index (χ1n) is 10.5. The molecule has 0 aliphatic carbocycles. The van der Waals surface area contributed by atoms with Gasteiger partial charge in [-0.3, -0.25) is 4.79 Å². The van der Waals surface area contributed by atoms with E-state index >= 15 is 0 Å². The number of hydrogen-bond donors (Lipinski definition) is 1. The number of aromatic nitrogens is 1. The van der Waals surface area contributed by atoms with Gasteiger partial charge in [-0.2, -0.15) is 0 Å². The van der Waals surface area contributed by atoms with Crippen LogP contribution in [-0.2, 0) is 0 Å². The highest BCUT2D eigenvalue weighted by atomic mass is 16.3. The zero-order chi connectivity index (χ0) is 22.2. The van der Waals surface area contributed by atoms with Gasteiger partial charge in [-0.05, 0) is 71.8 Å². The molecular weight excluding hydrogens is 398 g/mol. The number of carbonyl (C=O) groups is 1. The van der Waals surface area contributed by atoms with Gasteiger partial charge in [0, 0.05) is 36.6 Å². The number of carbonyl (C=O) groups excluding carboxylic acids is 1. The van der Waals surface area contributed by atoms with Crippen LogP contribution < -0.4 is 10.2 Å². The molecule has 0 fully saturated rings. The van der Waals surface area contributed by atoms with E-state index in [1.807, 2.05) is 105 Å². The first-order valence-corrected chi connectivity index (χ1v) is 10.5. The van der Waals surface area contributed by atoms with Crippen molar-refractivity contribution in [3.8, 4) is 11.5 Å². The molecule has 0 atom stereocenters. The summed E-state index contributed by atoms with van der Waals surface area (Å²) in [6.45, 7) is 2.05. The second-order valence-corrected chi connectivity index (χ2v) is 8.07. The first kappa shape index (κ1) is 19.8. The number of amides is 1. The molecule has 0 unspecified atom stereocenters. The zero-order valence-corrected chi connectivity index (χ0v) is 18.2. The predicted molar refractivity (Wildman–Crippen MR) is 130 cm³/mol. The van der Waals surface area contributed by atoms with E-state index in [1.54, 1.807) is 0 Å². The van der Waals surface area contributed by atoms with Crippen LogP contribution in [-0.4, -0.2) is 25.0 Å². The Labute approximate surface area is 186 Å². The monoisotopic (exact) mass is 421 g/mol. The molecule has 0 saturated heterocycles. The van der Waals surface area contributed by atoms with Crippen LogP contribution in [0.3, 0.4) is 0 Å². The largest absolute Gasteiger partial charge is 0.436 e. The second kappa shape index (κ2) is 7.85. The van der Waals surface area contributed by atoms with Crippen molar-refractivity contribution in [3.63, 3.8) is 0 Å². The summed E-state index contributed by atoms with van der Waals surface area (Å²) in [6.07, 6.45) is 0. The third-order valence-electron chi connectivity index (χ3n) is 5.66. The molecule has 5 aromatic rings. The summed E-state index contributed by atoms with van der Waals surface area (Å²) in [5.74, 6) is 0.404. The molecule has 0 bridgehead atoms. The molecule has 1 amide bonds. The third-order valence-corrected chi connectivity index (χ3v) is 5.66. The summed E-state index contributed by atoms with van der Waals surface area (Å²) < 4.78 is 5.93. The molecular formula is C27H23N3O2. The topological polar surface area (TPSA) is 58.4 Å². The second-order valence-electron chi connectivity index (χ2n) is 8.07. The maximum absolute atomic E-state index is 13.0. The normalized spacial score (nSPS) is 11.1. The smallest absolute Gasteiger partial charge is 0.256 e. The van der Waals surface area contributed by atoms with E-state index in [9.17, 15) is 4.79 Å². The van der Waals surface area contributed by atoms with Gasteiger partial charge in [-0.1, -0.05) is 30.3 Å². The molecule has 158 valence electrons. The molecule has 5 heteroatoms. The molecule has 0 saturated carbocycles. The minimum atomic E-state index is -0.149. The summed E-state index contributed by atoms with van der Waals surface area (Å²) in [7, 11) is 4.01. The summed E-state index contributed by atoms with van der Waals surface area (Å²) in [5.41, 5.74) is 5.86. The van der Waals surface area contributed by atoms with Gasteiger partial charge in [0.2, 0.25) is 5.89 Å². The maximum Gasteiger partial charge on any atom is 0.256 e. The number of hydrogen-bond acceptors (Lipinski definition) is 4. The maximum atomic E-state index is 13.0. The molecule has 1 N–H and O–H groups in total. The Morgan fingerprint density at radius 2 is 1.66 bits per heavy atom. The van der Waals surface area contributed by atoms with Crippen molar-refractivity contribution in [2.75, 3.05) is 24.3 Å². The van der Waals surface area contributed by atoms with Crippen LogP contribution in [0.2, 0.25) is 0 Å². The lowest BCUT2D eigenvalue weighted by Gasteiger charge is -2.11. The van der Waals surface area contributed by atoms with E-state index in [1.165, 1.54) is 0 Å². The molecule has 0 aliphatic rings. The Hall–Kier alpha value is -4.12. The van der Waals surface area contributed by atoms with E-state index in [2.05, 4.69) is 10.3 Å². The zero-order valence-electron chi connectivity index (χ0n) is 18.2. The lowest BCUT2D eigenvalue weighted by molar-refractivity contribution is 0.102. The molecule has 1 heterocycles. The minimum Gasteiger partial charge on any atom is -0.436 e. The van der Waals surface area contributed by atoms with E-state index in [-0.39, 0.29) is 5.91 Å². The Morgan fingerprint density at radius 3 is 2.41 bits per heavy atom. The Morgan fingerprint density at radius 1 is 0.906 bits per heavy atom. The van der Waals surface area contributed by atoms with Crippen molar-refractivity contribution < 1.29 is 9.21 Å². The van der Waals surface area contributed by atoms with Crippen molar-refractivity contribution in [3.05, 3.63) is 90.0 Å². The third kappa shape index (κ3) is 3.58. The molecule has 0 aliphatic heterocycles. The van der Waals surface area contributed by atoms with Crippen molar-refractivity contribution in [2.24, 2.45) is 0 Å². The number of nitrogens with one attached hydrogen (secondary N) is 1. The van der Waals surface area contributed by atoms with Crippen LogP contribution >= 0.6 is 0 Å². The highest BCUT2D eigenvalue weighted by molar-refractivity contribution is 6.13. The SMILES string of the molecule is Cc1ccc(C(=O)Nc2ccc3oc(-c4ccc(N(C)C)cc4)nc3c2)c2ccccc12. The van der Waals surface area contributed by atoms with Gasteiger partial charge >= 0.3 is 0 Å². The van der Waals surface area contributed by atoms with Gasteiger partial charge < -0.3 is 14.6 Å². The predicted octanol–water partition coefficient (Wildman–Crippen LogP) is 6.27. The van der Waals surface area contributed by atoms with Crippen LogP contribution in [0, 0.1) is 6.92 Å². The Kier molecular flexibility index (Phi) is 4.86. The number of nitrogens with zero attached hydrogens (tertiary/aromatic N) is 2. The van der Waals surface area contributed by atoms with Crippen LogP contribution in [0.25, 0.3) is 33.3 Å². The molecule has 5 rings (SSSR count). The average Bonchev–Trinajstić information content (AvgIpc) is 3.23. The summed E-state index contributed by atoms with van der Waals surface area (Å²) in [5, 5.41) is 5.03. The van der Waals surface area contributed by atoms with Gasteiger partial charge in [-0.15, -0.1) is 0 Å². The quantitative estimate of drug-likeness (QED) is 0.371. The van der Waals surface area contributed by atoms with Crippen LogP contribution in [0.15, 0.2) is 83.3 Å². The number of oxazole rings is 1. The number of fused-ring (bicyclic) bond motifs is 2. The molecule has 1 aromatic heterocycles. The number of rotatable bonds is 4. The number of anilines is 2. The highest BCUT2D eigenvalue weighted by Crippen LogP contribution is 2.28. The van der Waals surface area contributed by atoms with Gasteiger partial charge in [0.05, 0.1) is 0 Å². The number of aryl methyl sites for hydroxylation is 1. The summed E-state index contributed by atoms with van der Waals surface area (Å²) in [6, 6.07) is 25.4. The fourth-order valence-corrected chi connectivity index (χ4v) is 3.88. The lowest BCUT2D eigenvalue weighted by Crippen LogP contribution is -2.12. The van der Waals surface area contributed by atoms with Crippen molar-refractivity contribution in [1.82, 2.24) is 4.98 Å². The number of benzene rings is 4. The minimum absolute atomic E-state index is 0.149. The van der Waals surface area contributed by atoms with E-state index in [0.29, 0.717) is 28.2 Å². The average molecular weight is 422 g/mol. The summed E-state index contributed by atoms with van der Waals surface area (Å²) >= 11 is 0. The Balaban J connectivity index is 1.43. The van der Waals surface area contributed by atoms with Crippen LogP contribution in [0.1, 0.15) is 15.9 Å². The van der Waals surface area contributed by atoms with Crippen LogP contribution in [0.5, 0.6) is 0 Å². The summed E-state index contributed by atoms with van der Waals surface area (Å²) in [4.78, 5) is 19.7. The first-order chi connectivity index (χ1) is 15.5. The van der Waals surface area contributed by atoms with Gasteiger partial charge in [-0.25, -0.2) is 4.98 Å². The van der Waals surface area contributed by atoms with Crippen LogP contribution in [0.4, 0.5) is 11.4 Å². The van der Waals surface area contributed by atoms with Crippen molar-refractivity contribution in [2.45, 2.75) is 6.92 Å². The molecule has 0 radical (unpaired) electrons. The Bertz CT molecular complexity index is 1450. The fourth-order valence-electron chi connectivity index (χ4n) is 3.88. The molecule has 32 heavy (non-hydrogen) atoms. The standard InChI is InChI=1S/C27H23N3O2/c1-17-8-14-23(22-7-5-4-6-21(17)22)26(31)28-19-11-15-25-24(16-19)29-27(32-25)18-9-12-20(13-10-18)30(2)3/h4-16H,1-3H3,(H,28,31). The van der Waals surface area contributed by atoms with Gasteiger partial charge in [0.15, 0.2) is 5.58 Å². The molecule has 5 nitrogen and oxygen atoms in total. The van der Waals surface area contributed by atoms with E-state index in [0.717, 1.165) is 27.6 Å². The molecule has 0 spiro atoms. The van der Waals surface area contributed by atoms with E-state index < -0.39 is 0 Å². The van der Waals surface area contributed by atoms with Crippen molar-refractivity contribution in [1.29, 1.82) is 0 Å². The van der Waals surface area contributed by atoms with E-state index in [4.69, 9.17) is 4.42 Å². The molecule has 4 aromatic carbocycles. The highest BCUT2D eigenvalue weighted by Gasteiger charge is 2.13. The van der Waals surface area contributed by atoms with Crippen molar-refractivity contribution >= 4 is 39.2 Å². The fraction of sp³-hybridized carbons (Fsp3) is 0.111. The lowest BCUT2D eigenvalue weighted by atomic mass is 10.00. The van der Waals surface area contributed by atoms with Gasteiger partial charge in [0.1, 0.15) is 5.52 Å². The van der Waals surface area contributed by atoms with Gasteiger partial charge in [0.25, 0.3) is 5.91 Å².